The molecule has 3 aromatic rings. The molecule has 2 atom stereocenters. The second-order valence-corrected chi connectivity index (χ2v) is 6.64. The fraction of sp³-hybridized carbons (Fsp3) is 0.235. The first-order valence-electron chi connectivity index (χ1n) is 7.68. The van der Waals surface area contributed by atoms with Crippen molar-refractivity contribution in [2.45, 2.75) is 18.5 Å². The van der Waals surface area contributed by atoms with E-state index in [0.29, 0.717) is 5.95 Å². The number of halogens is 1. The van der Waals surface area contributed by atoms with Gasteiger partial charge in [-0.05, 0) is 52.2 Å². The first kappa shape index (κ1) is 15.1. The minimum Gasteiger partial charge on any atom is -0.497 e. The highest BCUT2D eigenvalue weighted by atomic mass is 79.9. The number of ether oxygens (including phenoxy) is 1. The molecule has 0 saturated heterocycles. The average molecular weight is 386 g/mol. The number of hydrogen-bond acceptors (Lipinski definition) is 5. The van der Waals surface area contributed by atoms with Gasteiger partial charge in [-0.25, -0.2) is 4.68 Å². The van der Waals surface area contributed by atoms with Gasteiger partial charge in [-0.1, -0.05) is 45.3 Å². The van der Waals surface area contributed by atoms with Crippen molar-refractivity contribution < 1.29 is 4.74 Å². The fourth-order valence-corrected chi connectivity index (χ4v) is 3.32. The van der Waals surface area contributed by atoms with Crippen LogP contribution in [-0.4, -0.2) is 27.3 Å². The molecule has 0 radical (unpaired) electrons. The summed E-state index contributed by atoms with van der Waals surface area (Å²) in [7, 11) is 1.67. The normalized spacial score (nSPS) is 19.4. The van der Waals surface area contributed by atoms with Gasteiger partial charge in [0.2, 0.25) is 5.95 Å². The van der Waals surface area contributed by atoms with Crippen LogP contribution in [0.4, 0.5) is 5.95 Å². The Balaban J connectivity index is 1.69. The molecule has 4 rings (SSSR count). The quantitative estimate of drug-likeness (QED) is 0.745. The lowest BCUT2D eigenvalue weighted by Crippen LogP contribution is -2.28. The lowest BCUT2D eigenvalue weighted by molar-refractivity contribution is 0.410. The molecule has 0 aliphatic carbocycles. The zero-order chi connectivity index (χ0) is 16.5. The maximum absolute atomic E-state index is 5.25. The van der Waals surface area contributed by atoms with Gasteiger partial charge in [0.1, 0.15) is 5.75 Å². The topological polar surface area (TPSA) is 64.9 Å². The van der Waals surface area contributed by atoms with Crippen LogP contribution in [0.3, 0.4) is 0 Å². The fourth-order valence-electron chi connectivity index (χ4n) is 3.05. The molecular formula is C17H16BrN5O. The summed E-state index contributed by atoms with van der Waals surface area (Å²) in [6.45, 7) is 0. The highest BCUT2D eigenvalue weighted by Crippen LogP contribution is 2.37. The van der Waals surface area contributed by atoms with Gasteiger partial charge in [0, 0.05) is 4.47 Å². The highest BCUT2D eigenvalue weighted by molar-refractivity contribution is 9.10. The molecule has 2 unspecified atom stereocenters. The largest absolute Gasteiger partial charge is 0.497 e. The van der Waals surface area contributed by atoms with E-state index < -0.39 is 0 Å². The van der Waals surface area contributed by atoms with E-state index in [1.807, 2.05) is 16.8 Å². The van der Waals surface area contributed by atoms with Gasteiger partial charge >= 0.3 is 0 Å². The SMILES string of the molecule is COc1ccc(C2CC(c3ccc(Br)cc3)Nc3nnnn32)cc1. The summed E-state index contributed by atoms with van der Waals surface area (Å²) in [5.74, 6) is 1.53. The smallest absolute Gasteiger partial charge is 0.243 e. The third-order valence-corrected chi connectivity index (χ3v) is 4.85. The number of methoxy groups -OCH3 is 1. The van der Waals surface area contributed by atoms with Crippen LogP contribution in [0.1, 0.15) is 29.6 Å². The number of rotatable bonds is 3. The Morgan fingerprint density at radius 3 is 2.50 bits per heavy atom. The van der Waals surface area contributed by atoms with Crippen LogP contribution < -0.4 is 10.1 Å². The molecule has 122 valence electrons. The Morgan fingerprint density at radius 2 is 1.79 bits per heavy atom. The lowest BCUT2D eigenvalue weighted by Gasteiger charge is -2.31. The predicted molar refractivity (Wildman–Crippen MR) is 94.1 cm³/mol. The Morgan fingerprint density at radius 1 is 1.08 bits per heavy atom. The van der Waals surface area contributed by atoms with Crippen LogP contribution in [0.5, 0.6) is 5.75 Å². The molecule has 1 aliphatic heterocycles. The minimum atomic E-state index is 0.0794. The monoisotopic (exact) mass is 385 g/mol. The molecule has 24 heavy (non-hydrogen) atoms. The van der Waals surface area contributed by atoms with Crippen LogP contribution in [0, 0.1) is 0 Å². The van der Waals surface area contributed by atoms with E-state index in [1.165, 1.54) is 5.56 Å². The maximum atomic E-state index is 5.25. The van der Waals surface area contributed by atoms with Crippen LogP contribution in [0.15, 0.2) is 53.0 Å². The lowest BCUT2D eigenvalue weighted by atomic mass is 9.93. The van der Waals surface area contributed by atoms with Gasteiger partial charge in [0.05, 0.1) is 19.2 Å². The van der Waals surface area contributed by atoms with Crippen LogP contribution in [-0.2, 0) is 0 Å². The number of benzene rings is 2. The Bertz CT molecular complexity index is 831. The Labute approximate surface area is 148 Å². The number of nitrogens with one attached hydrogen (secondary N) is 1. The van der Waals surface area contributed by atoms with Crippen LogP contribution >= 0.6 is 15.9 Å². The second-order valence-electron chi connectivity index (χ2n) is 5.72. The van der Waals surface area contributed by atoms with E-state index in [4.69, 9.17) is 4.74 Å². The summed E-state index contributed by atoms with van der Waals surface area (Å²) in [5, 5.41) is 15.5. The van der Waals surface area contributed by atoms with Crippen LogP contribution in [0.2, 0.25) is 0 Å². The molecular weight excluding hydrogens is 370 g/mol. The van der Waals surface area contributed by atoms with Gasteiger partial charge < -0.3 is 10.1 Å². The number of anilines is 1. The molecule has 2 heterocycles. The van der Waals surface area contributed by atoms with E-state index in [1.54, 1.807) is 7.11 Å². The molecule has 6 nitrogen and oxygen atoms in total. The van der Waals surface area contributed by atoms with Gasteiger partial charge in [-0.15, -0.1) is 0 Å². The minimum absolute atomic E-state index is 0.0794. The number of tetrazole rings is 1. The molecule has 1 aromatic heterocycles. The highest BCUT2D eigenvalue weighted by Gasteiger charge is 2.30. The van der Waals surface area contributed by atoms with Gasteiger partial charge in [0.15, 0.2) is 0 Å². The van der Waals surface area contributed by atoms with Gasteiger partial charge in [0.25, 0.3) is 0 Å². The van der Waals surface area contributed by atoms with Crippen molar-refractivity contribution in [1.29, 1.82) is 0 Å². The first-order valence-corrected chi connectivity index (χ1v) is 8.48. The third kappa shape index (κ3) is 2.75. The van der Waals surface area contributed by atoms with Crippen molar-refractivity contribution in [3.63, 3.8) is 0 Å². The van der Waals surface area contributed by atoms with Crippen molar-refractivity contribution in [3.8, 4) is 5.75 Å². The summed E-state index contributed by atoms with van der Waals surface area (Å²) >= 11 is 3.48. The summed E-state index contributed by atoms with van der Waals surface area (Å²) in [4.78, 5) is 0. The molecule has 1 N–H and O–H groups in total. The molecule has 2 aromatic carbocycles. The van der Waals surface area contributed by atoms with E-state index in [2.05, 4.69) is 73.2 Å². The third-order valence-electron chi connectivity index (χ3n) is 4.32. The van der Waals surface area contributed by atoms with E-state index in [9.17, 15) is 0 Å². The second kappa shape index (κ2) is 6.24. The molecule has 0 saturated carbocycles. The van der Waals surface area contributed by atoms with Crippen molar-refractivity contribution in [1.82, 2.24) is 20.2 Å². The summed E-state index contributed by atoms with van der Waals surface area (Å²) in [6.07, 6.45) is 0.867. The summed E-state index contributed by atoms with van der Waals surface area (Å²) < 4.78 is 8.16. The molecule has 7 heteroatoms. The van der Waals surface area contributed by atoms with E-state index in [0.717, 1.165) is 22.2 Å². The van der Waals surface area contributed by atoms with Crippen molar-refractivity contribution >= 4 is 21.9 Å². The van der Waals surface area contributed by atoms with E-state index >= 15 is 0 Å². The summed E-state index contributed by atoms with van der Waals surface area (Å²) in [5.41, 5.74) is 2.37. The number of aromatic nitrogens is 4. The van der Waals surface area contributed by atoms with Gasteiger partial charge in [-0.2, -0.15) is 0 Å². The predicted octanol–water partition coefficient (Wildman–Crippen LogP) is 3.59. The Kier molecular flexibility index (Phi) is 3.93. The number of hydrogen-bond donors (Lipinski definition) is 1. The molecule has 0 fully saturated rings. The zero-order valence-electron chi connectivity index (χ0n) is 13.1. The average Bonchev–Trinajstić information content (AvgIpc) is 3.10. The molecule has 0 bridgehead atoms. The zero-order valence-corrected chi connectivity index (χ0v) is 14.6. The number of nitrogens with zero attached hydrogens (tertiary/aromatic N) is 4. The van der Waals surface area contributed by atoms with Gasteiger partial charge in [-0.3, -0.25) is 0 Å². The Hall–Kier alpha value is -2.41. The van der Waals surface area contributed by atoms with Crippen molar-refractivity contribution in [3.05, 3.63) is 64.1 Å². The molecule has 1 aliphatic rings. The molecule has 0 amide bonds. The van der Waals surface area contributed by atoms with E-state index in [-0.39, 0.29) is 12.1 Å². The van der Waals surface area contributed by atoms with Crippen molar-refractivity contribution in [2.24, 2.45) is 0 Å². The first-order chi connectivity index (χ1) is 11.7. The summed E-state index contributed by atoms with van der Waals surface area (Å²) in [6, 6.07) is 16.6. The number of fused-ring (bicyclic) bond motifs is 1. The maximum Gasteiger partial charge on any atom is 0.243 e. The van der Waals surface area contributed by atoms with Crippen molar-refractivity contribution in [2.75, 3.05) is 12.4 Å². The standard InChI is InChI=1S/C17H16BrN5O/c1-24-14-8-4-12(5-9-14)16-10-15(11-2-6-13(18)7-3-11)19-17-20-21-22-23(16)17/h2-9,15-16H,10H2,1H3,(H,19,20,22). The van der Waals surface area contributed by atoms with Crippen LogP contribution in [0.25, 0.3) is 0 Å². The molecule has 0 spiro atoms.